The Morgan fingerprint density at radius 3 is 2.63 bits per heavy atom. The lowest BCUT2D eigenvalue weighted by molar-refractivity contribution is 0.0934. The molecule has 1 aromatic carbocycles. The lowest BCUT2D eigenvalue weighted by atomic mass is 10.1. The topological polar surface area (TPSA) is 62.0 Å². The van der Waals surface area contributed by atoms with Crippen LogP contribution < -0.4 is 10.9 Å². The predicted molar refractivity (Wildman–Crippen MR) is 69.3 cm³/mol. The Kier molecular flexibility index (Phi) is 3.75. The van der Waals surface area contributed by atoms with E-state index in [1.165, 1.54) is 24.3 Å². The summed E-state index contributed by atoms with van der Waals surface area (Å²) in [4.78, 5) is 25.4. The van der Waals surface area contributed by atoms with Gasteiger partial charge in [-0.2, -0.15) is 0 Å². The molecule has 19 heavy (non-hydrogen) atoms. The summed E-state index contributed by atoms with van der Waals surface area (Å²) in [6.07, 6.45) is 0. The molecule has 0 spiro atoms. The summed E-state index contributed by atoms with van der Waals surface area (Å²) < 4.78 is 13.5. The monoisotopic (exact) mass is 260 g/mol. The summed E-state index contributed by atoms with van der Waals surface area (Å²) >= 11 is 0. The van der Waals surface area contributed by atoms with Crippen LogP contribution in [-0.4, -0.2) is 10.9 Å². The summed E-state index contributed by atoms with van der Waals surface area (Å²) in [5.41, 5.74) is 0.191. The van der Waals surface area contributed by atoms with Crippen LogP contribution in [0.4, 0.5) is 4.39 Å². The molecule has 0 bridgehead atoms. The summed E-state index contributed by atoms with van der Waals surface area (Å²) in [7, 11) is 0. The van der Waals surface area contributed by atoms with Crippen LogP contribution in [0.15, 0.2) is 47.3 Å². The molecule has 98 valence electrons. The first kappa shape index (κ1) is 13.0. The zero-order valence-electron chi connectivity index (χ0n) is 10.3. The van der Waals surface area contributed by atoms with Gasteiger partial charge in [0, 0.05) is 11.6 Å². The maximum atomic E-state index is 13.5. The highest BCUT2D eigenvalue weighted by Gasteiger charge is 2.14. The number of aromatic amines is 1. The van der Waals surface area contributed by atoms with Gasteiger partial charge in [0.1, 0.15) is 11.5 Å². The third-order valence-corrected chi connectivity index (χ3v) is 2.73. The van der Waals surface area contributed by atoms with Crippen molar-refractivity contribution in [3.05, 3.63) is 69.9 Å². The van der Waals surface area contributed by atoms with E-state index >= 15 is 0 Å². The molecule has 2 rings (SSSR count). The van der Waals surface area contributed by atoms with E-state index in [-0.39, 0.29) is 17.1 Å². The second kappa shape index (κ2) is 5.48. The SMILES string of the molecule is CC(NC(=O)c1cccc(=O)[nH]1)c1ccccc1F. The van der Waals surface area contributed by atoms with Crippen molar-refractivity contribution in [2.24, 2.45) is 0 Å². The standard InChI is InChI=1S/C14H13FN2O2/c1-9(10-5-2-3-6-11(10)15)16-14(19)12-7-4-8-13(18)17-12/h2-9H,1H3,(H,16,19)(H,17,18). The molecule has 1 aromatic heterocycles. The largest absolute Gasteiger partial charge is 0.344 e. The predicted octanol–water partition coefficient (Wildman–Crippen LogP) is 2.00. The molecule has 0 saturated heterocycles. The molecule has 1 atom stereocenters. The molecule has 1 heterocycles. The second-order valence-corrected chi connectivity index (χ2v) is 4.15. The Morgan fingerprint density at radius 1 is 1.21 bits per heavy atom. The minimum absolute atomic E-state index is 0.149. The smallest absolute Gasteiger partial charge is 0.268 e. The van der Waals surface area contributed by atoms with Gasteiger partial charge in [-0.1, -0.05) is 24.3 Å². The lowest BCUT2D eigenvalue weighted by Gasteiger charge is -2.14. The van der Waals surface area contributed by atoms with Crippen molar-refractivity contribution >= 4 is 5.91 Å². The van der Waals surface area contributed by atoms with Crippen molar-refractivity contribution in [2.45, 2.75) is 13.0 Å². The Hall–Kier alpha value is -2.43. The molecule has 1 unspecified atom stereocenters. The molecule has 0 saturated carbocycles. The summed E-state index contributed by atoms with van der Waals surface area (Å²) in [6.45, 7) is 1.68. The van der Waals surface area contributed by atoms with Gasteiger partial charge in [0.2, 0.25) is 5.56 Å². The van der Waals surface area contributed by atoms with Crippen LogP contribution >= 0.6 is 0 Å². The van der Waals surface area contributed by atoms with E-state index in [4.69, 9.17) is 0 Å². The van der Waals surface area contributed by atoms with Gasteiger partial charge < -0.3 is 10.3 Å². The van der Waals surface area contributed by atoms with Crippen LogP contribution in [0.5, 0.6) is 0 Å². The number of rotatable bonds is 3. The number of nitrogens with one attached hydrogen (secondary N) is 2. The molecule has 2 N–H and O–H groups in total. The average molecular weight is 260 g/mol. The van der Waals surface area contributed by atoms with Gasteiger partial charge in [-0.05, 0) is 19.1 Å². The van der Waals surface area contributed by atoms with E-state index in [1.807, 2.05) is 0 Å². The Bertz CT molecular complexity index is 652. The van der Waals surface area contributed by atoms with Gasteiger partial charge in [0.25, 0.3) is 5.91 Å². The molecular formula is C14H13FN2O2. The van der Waals surface area contributed by atoms with Gasteiger partial charge >= 0.3 is 0 Å². The molecule has 1 amide bonds. The van der Waals surface area contributed by atoms with Crippen molar-refractivity contribution in [3.8, 4) is 0 Å². The fourth-order valence-corrected chi connectivity index (χ4v) is 1.76. The van der Waals surface area contributed by atoms with Crippen LogP contribution in [0.1, 0.15) is 29.0 Å². The minimum atomic E-state index is -0.489. The zero-order valence-corrected chi connectivity index (χ0v) is 10.3. The number of carbonyl (C=O) groups is 1. The first-order valence-electron chi connectivity index (χ1n) is 5.82. The highest BCUT2D eigenvalue weighted by atomic mass is 19.1. The van der Waals surface area contributed by atoms with E-state index < -0.39 is 11.9 Å². The van der Waals surface area contributed by atoms with E-state index in [2.05, 4.69) is 10.3 Å². The number of aromatic nitrogens is 1. The molecule has 0 radical (unpaired) electrons. The summed E-state index contributed by atoms with van der Waals surface area (Å²) in [5, 5.41) is 2.63. The van der Waals surface area contributed by atoms with Crippen molar-refractivity contribution in [1.29, 1.82) is 0 Å². The maximum Gasteiger partial charge on any atom is 0.268 e. The fraction of sp³-hybridized carbons (Fsp3) is 0.143. The fourth-order valence-electron chi connectivity index (χ4n) is 1.76. The number of hydrogen-bond donors (Lipinski definition) is 2. The highest BCUT2D eigenvalue weighted by molar-refractivity contribution is 5.92. The summed E-state index contributed by atoms with van der Waals surface area (Å²) in [6, 6.07) is 10.0. The van der Waals surface area contributed by atoms with E-state index in [1.54, 1.807) is 25.1 Å². The molecule has 4 nitrogen and oxygen atoms in total. The maximum absolute atomic E-state index is 13.5. The van der Waals surface area contributed by atoms with Gasteiger partial charge in [0.15, 0.2) is 0 Å². The normalized spacial score (nSPS) is 11.9. The number of carbonyl (C=O) groups excluding carboxylic acids is 1. The quantitative estimate of drug-likeness (QED) is 0.886. The van der Waals surface area contributed by atoms with Crippen molar-refractivity contribution in [3.63, 3.8) is 0 Å². The molecule has 0 aliphatic rings. The number of halogens is 1. The van der Waals surface area contributed by atoms with Gasteiger partial charge in [-0.25, -0.2) is 4.39 Å². The van der Waals surface area contributed by atoms with Gasteiger partial charge in [-0.15, -0.1) is 0 Å². The highest BCUT2D eigenvalue weighted by Crippen LogP contribution is 2.16. The third kappa shape index (κ3) is 3.07. The number of benzene rings is 1. The lowest BCUT2D eigenvalue weighted by Crippen LogP contribution is -2.29. The second-order valence-electron chi connectivity index (χ2n) is 4.15. The number of amides is 1. The van der Waals surface area contributed by atoms with Gasteiger partial charge in [-0.3, -0.25) is 9.59 Å². The van der Waals surface area contributed by atoms with E-state index in [0.29, 0.717) is 5.56 Å². The van der Waals surface area contributed by atoms with Crippen molar-refractivity contribution in [1.82, 2.24) is 10.3 Å². The third-order valence-electron chi connectivity index (χ3n) is 2.73. The molecule has 0 aliphatic heterocycles. The average Bonchev–Trinajstić information content (AvgIpc) is 2.39. The Balaban J connectivity index is 2.16. The summed E-state index contributed by atoms with van der Waals surface area (Å²) in [5.74, 6) is -0.828. The van der Waals surface area contributed by atoms with E-state index in [0.717, 1.165) is 0 Å². The van der Waals surface area contributed by atoms with Crippen LogP contribution in [0.25, 0.3) is 0 Å². The van der Waals surface area contributed by atoms with E-state index in [9.17, 15) is 14.0 Å². The molecular weight excluding hydrogens is 247 g/mol. The van der Waals surface area contributed by atoms with Crippen LogP contribution in [0.3, 0.4) is 0 Å². The minimum Gasteiger partial charge on any atom is -0.344 e. The van der Waals surface area contributed by atoms with Crippen LogP contribution in [-0.2, 0) is 0 Å². The Morgan fingerprint density at radius 2 is 1.95 bits per heavy atom. The van der Waals surface area contributed by atoms with Crippen LogP contribution in [0, 0.1) is 5.82 Å². The molecule has 0 fully saturated rings. The molecule has 0 aliphatic carbocycles. The first-order chi connectivity index (χ1) is 9.08. The van der Waals surface area contributed by atoms with Crippen molar-refractivity contribution < 1.29 is 9.18 Å². The van der Waals surface area contributed by atoms with Crippen LogP contribution in [0.2, 0.25) is 0 Å². The van der Waals surface area contributed by atoms with Crippen molar-refractivity contribution in [2.75, 3.05) is 0 Å². The number of H-pyrrole nitrogens is 1. The first-order valence-corrected chi connectivity index (χ1v) is 5.82. The van der Waals surface area contributed by atoms with Gasteiger partial charge in [0.05, 0.1) is 6.04 Å². The Labute approximate surface area is 109 Å². The number of hydrogen-bond acceptors (Lipinski definition) is 2. The molecule has 2 aromatic rings. The zero-order chi connectivity index (χ0) is 13.8. The number of pyridine rings is 1. The molecule has 5 heteroatoms.